The van der Waals surface area contributed by atoms with E-state index < -0.39 is 0 Å². The Morgan fingerprint density at radius 1 is 1.25 bits per heavy atom. The van der Waals surface area contributed by atoms with Gasteiger partial charge in [0, 0.05) is 38.5 Å². The number of benzene rings is 1. The molecule has 1 fully saturated rings. The van der Waals surface area contributed by atoms with Crippen LogP contribution in [0.1, 0.15) is 51.2 Å². The molecule has 0 unspecified atom stereocenters. The number of rotatable bonds is 10. The van der Waals surface area contributed by atoms with Crippen molar-refractivity contribution >= 4 is 5.96 Å². The summed E-state index contributed by atoms with van der Waals surface area (Å²) in [6.07, 6.45) is 3.47. The van der Waals surface area contributed by atoms with Crippen molar-refractivity contribution in [1.29, 1.82) is 0 Å². The van der Waals surface area contributed by atoms with Crippen molar-refractivity contribution in [3.63, 3.8) is 0 Å². The highest BCUT2D eigenvalue weighted by atomic mass is 16.5. The molecule has 2 rings (SSSR count). The minimum absolute atomic E-state index is 0.145. The summed E-state index contributed by atoms with van der Waals surface area (Å²) in [5.74, 6) is 1.74. The predicted octanol–water partition coefficient (Wildman–Crippen LogP) is 3.42. The first kappa shape index (κ1) is 22.5. The van der Waals surface area contributed by atoms with E-state index in [1.165, 1.54) is 5.56 Å². The molecule has 1 aromatic rings. The number of aliphatic imine (C=N–C) groups is 1. The number of guanidine groups is 1. The molecule has 0 atom stereocenters. The molecular formula is C22H37N3O3. The van der Waals surface area contributed by atoms with Gasteiger partial charge in [0.25, 0.3) is 0 Å². The Labute approximate surface area is 170 Å². The van der Waals surface area contributed by atoms with E-state index in [9.17, 15) is 0 Å². The molecule has 0 radical (unpaired) electrons. The van der Waals surface area contributed by atoms with Crippen LogP contribution in [0.15, 0.2) is 23.2 Å². The molecule has 0 spiro atoms. The van der Waals surface area contributed by atoms with Crippen LogP contribution in [-0.4, -0.2) is 51.1 Å². The largest absolute Gasteiger partial charge is 0.491 e. The topological polar surface area (TPSA) is 64.1 Å². The molecule has 1 heterocycles. The average Bonchev–Trinajstić information content (AvgIpc) is 2.67. The van der Waals surface area contributed by atoms with Crippen LogP contribution < -0.4 is 15.4 Å². The van der Waals surface area contributed by atoms with Crippen LogP contribution in [0.4, 0.5) is 0 Å². The number of aryl methyl sites for hydroxylation is 1. The second-order valence-electron chi connectivity index (χ2n) is 7.44. The third-order valence-electron chi connectivity index (χ3n) is 4.47. The lowest BCUT2D eigenvalue weighted by Gasteiger charge is -2.22. The summed E-state index contributed by atoms with van der Waals surface area (Å²) in [7, 11) is 0. The van der Waals surface area contributed by atoms with Gasteiger partial charge >= 0.3 is 0 Å². The summed E-state index contributed by atoms with van der Waals surface area (Å²) in [6, 6.07) is 6.28. The number of hydrogen-bond donors (Lipinski definition) is 2. The highest BCUT2D eigenvalue weighted by Crippen LogP contribution is 2.22. The standard InChI is InChI=1S/C22H37N3O3/c1-5-23-22(24-11-6-12-27-20-9-13-26-14-10-20)25-16-19-8-7-18(4)15-21(19)28-17(2)3/h7-8,15,17,20H,5-6,9-14,16H2,1-4H3,(H2,23,24,25). The van der Waals surface area contributed by atoms with Crippen molar-refractivity contribution in [2.24, 2.45) is 4.99 Å². The lowest BCUT2D eigenvalue weighted by molar-refractivity contribution is -0.0320. The van der Waals surface area contributed by atoms with Crippen LogP contribution in [0, 0.1) is 6.92 Å². The Balaban J connectivity index is 1.81. The van der Waals surface area contributed by atoms with Gasteiger partial charge in [-0.2, -0.15) is 0 Å². The maximum atomic E-state index is 5.95. The molecule has 0 saturated carbocycles. The van der Waals surface area contributed by atoms with Crippen molar-refractivity contribution in [2.75, 3.05) is 32.9 Å². The third-order valence-corrected chi connectivity index (χ3v) is 4.47. The lowest BCUT2D eigenvalue weighted by Crippen LogP contribution is -2.38. The fraction of sp³-hybridized carbons (Fsp3) is 0.682. The molecule has 1 aromatic carbocycles. The first-order valence-electron chi connectivity index (χ1n) is 10.6. The summed E-state index contributed by atoms with van der Waals surface area (Å²) >= 11 is 0. The van der Waals surface area contributed by atoms with Gasteiger partial charge in [-0.05, 0) is 58.6 Å². The van der Waals surface area contributed by atoms with Crippen LogP contribution in [0.5, 0.6) is 5.75 Å². The summed E-state index contributed by atoms with van der Waals surface area (Å²) in [4.78, 5) is 4.73. The van der Waals surface area contributed by atoms with Crippen LogP contribution >= 0.6 is 0 Å². The van der Waals surface area contributed by atoms with E-state index >= 15 is 0 Å². The van der Waals surface area contributed by atoms with Crippen LogP contribution in [0.2, 0.25) is 0 Å². The molecule has 1 aliphatic heterocycles. The van der Waals surface area contributed by atoms with Gasteiger partial charge in [0.05, 0.1) is 18.8 Å². The molecule has 6 nitrogen and oxygen atoms in total. The maximum Gasteiger partial charge on any atom is 0.191 e. The molecule has 0 amide bonds. The fourth-order valence-corrected chi connectivity index (χ4v) is 3.03. The molecule has 1 aliphatic rings. The summed E-state index contributed by atoms with van der Waals surface area (Å²) < 4.78 is 17.2. The zero-order chi connectivity index (χ0) is 20.2. The molecule has 0 aromatic heterocycles. The quantitative estimate of drug-likeness (QED) is 0.363. The van der Waals surface area contributed by atoms with E-state index in [0.717, 1.165) is 69.4 Å². The second-order valence-corrected chi connectivity index (χ2v) is 7.44. The Morgan fingerprint density at radius 3 is 2.75 bits per heavy atom. The van der Waals surface area contributed by atoms with Crippen LogP contribution in [0.25, 0.3) is 0 Å². The highest BCUT2D eigenvalue weighted by molar-refractivity contribution is 5.79. The Kier molecular flexibility index (Phi) is 10.1. The monoisotopic (exact) mass is 391 g/mol. The Hall–Kier alpha value is -1.79. The molecule has 1 saturated heterocycles. The molecule has 2 N–H and O–H groups in total. The molecule has 0 bridgehead atoms. The number of nitrogens with one attached hydrogen (secondary N) is 2. The van der Waals surface area contributed by atoms with E-state index in [2.05, 4.69) is 42.7 Å². The molecule has 28 heavy (non-hydrogen) atoms. The van der Waals surface area contributed by atoms with Gasteiger partial charge in [0.2, 0.25) is 0 Å². The summed E-state index contributed by atoms with van der Waals surface area (Å²) in [5.41, 5.74) is 2.29. The number of ether oxygens (including phenoxy) is 3. The average molecular weight is 392 g/mol. The Morgan fingerprint density at radius 2 is 2.04 bits per heavy atom. The van der Waals surface area contributed by atoms with Gasteiger partial charge in [0.1, 0.15) is 5.75 Å². The first-order chi connectivity index (χ1) is 13.6. The zero-order valence-electron chi connectivity index (χ0n) is 17.9. The SMILES string of the molecule is CCNC(=NCc1ccc(C)cc1OC(C)C)NCCCOC1CCOCC1. The van der Waals surface area contributed by atoms with Gasteiger partial charge < -0.3 is 24.8 Å². The first-order valence-corrected chi connectivity index (χ1v) is 10.6. The van der Waals surface area contributed by atoms with Crippen LogP contribution in [0.3, 0.4) is 0 Å². The minimum atomic E-state index is 0.145. The maximum absolute atomic E-state index is 5.95. The molecular weight excluding hydrogens is 354 g/mol. The Bertz CT molecular complexity index is 599. The van der Waals surface area contributed by atoms with Gasteiger partial charge in [-0.15, -0.1) is 0 Å². The van der Waals surface area contributed by atoms with Crippen molar-refractivity contribution in [1.82, 2.24) is 10.6 Å². The van der Waals surface area contributed by atoms with E-state index in [4.69, 9.17) is 19.2 Å². The van der Waals surface area contributed by atoms with Crippen molar-refractivity contribution in [3.05, 3.63) is 29.3 Å². The third kappa shape index (κ3) is 8.48. The normalized spacial score (nSPS) is 15.7. The van der Waals surface area contributed by atoms with Gasteiger partial charge in [-0.3, -0.25) is 0 Å². The predicted molar refractivity (Wildman–Crippen MR) is 114 cm³/mol. The fourth-order valence-electron chi connectivity index (χ4n) is 3.03. The molecule has 158 valence electrons. The van der Waals surface area contributed by atoms with Crippen molar-refractivity contribution in [2.45, 2.75) is 65.7 Å². The van der Waals surface area contributed by atoms with E-state index in [0.29, 0.717) is 12.6 Å². The van der Waals surface area contributed by atoms with Crippen molar-refractivity contribution in [3.8, 4) is 5.75 Å². The van der Waals surface area contributed by atoms with E-state index in [1.54, 1.807) is 0 Å². The summed E-state index contributed by atoms with van der Waals surface area (Å²) in [6.45, 7) is 12.9. The van der Waals surface area contributed by atoms with Gasteiger partial charge in [-0.25, -0.2) is 4.99 Å². The van der Waals surface area contributed by atoms with Gasteiger partial charge in [-0.1, -0.05) is 12.1 Å². The minimum Gasteiger partial charge on any atom is -0.491 e. The summed E-state index contributed by atoms with van der Waals surface area (Å²) in [5, 5.41) is 6.70. The second kappa shape index (κ2) is 12.6. The van der Waals surface area contributed by atoms with E-state index in [1.807, 2.05) is 13.8 Å². The van der Waals surface area contributed by atoms with Crippen molar-refractivity contribution < 1.29 is 14.2 Å². The van der Waals surface area contributed by atoms with Gasteiger partial charge in [0.15, 0.2) is 5.96 Å². The van der Waals surface area contributed by atoms with E-state index in [-0.39, 0.29) is 6.10 Å². The molecule has 0 aliphatic carbocycles. The highest BCUT2D eigenvalue weighted by Gasteiger charge is 2.13. The lowest BCUT2D eigenvalue weighted by atomic mass is 10.1. The smallest absolute Gasteiger partial charge is 0.191 e. The molecule has 6 heteroatoms. The number of hydrogen-bond acceptors (Lipinski definition) is 4. The zero-order valence-corrected chi connectivity index (χ0v) is 17.9. The van der Waals surface area contributed by atoms with Crippen LogP contribution in [-0.2, 0) is 16.0 Å². The number of nitrogens with zero attached hydrogens (tertiary/aromatic N) is 1.